The number of halogens is 5. The molecule has 0 aliphatic heterocycles. The van der Waals surface area contributed by atoms with Gasteiger partial charge in [0.1, 0.15) is 5.75 Å². The zero-order valence-corrected chi connectivity index (χ0v) is 19.1. The summed E-state index contributed by atoms with van der Waals surface area (Å²) in [6, 6.07) is 3.76. The van der Waals surface area contributed by atoms with Crippen LogP contribution in [-0.2, 0) is 15.3 Å². The Labute approximate surface area is 175 Å². The highest BCUT2D eigenvalue weighted by atomic mass is 31.1. The first-order chi connectivity index (χ1) is 13.7. The molecular weight excluding hydrogens is 422 g/mol. The molecule has 30 heavy (non-hydrogen) atoms. The lowest BCUT2D eigenvalue weighted by Gasteiger charge is -2.32. The molecule has 2 nitrogen and oxygen atoms in total. The van der Waals surface area contributed by atoms with E-state index in [0.717, 1.165) is 11.1 Å². The summed E-state index contributed by atoms with van der Waals surface area (Å²) in [6.45, 7) is 11.2. The molecule has 8 heteroatoms. The summed E-state index contributed by atoms with van der Waals surface area (Å²) in [6.07, 6.45) is 0. The molecule has 1 unspecified atom stereocenters. The van der Waals surface area contributed by atoms with Gasteiger partial charge in [0.25, 0.3) is 0 Å². The number of methoxy groups -OCH3 is 1. The summed E-state index contributed by atoms with van der Waals surface area (Å²) >= 11 is 0. The lowest BCUT2D eigenvalue weighted by molar-refractivity contribution is 0.0487. The van der Waals surface area contributed by atoms with Crippen LogP contribution in [0.1, 0.15) is 51.3 Å². The Kier molecular flexibility index (Phi) is 7.20. The Hall–Kier alpha value is -1.72. The van der Waals surface area contributed by atoms with Gasteiger partial charge in [-0.05, 0) is 12.3 Å². The molecule has 2 rings (SSSR count). The van der Waals surface area contributed by atoms with Crippen LogP contribution in [0.3, 0.4) is 0 Å². The van der Waals surface area contributed by atoms with Crippen LogP contribution in [0.2, 0.25) is 0 Å². The molecule has 2 aromatic rings. The summed E-state index contributed by atoms with van der Waals surface area (Å²) in [5.74, 6) is -9.17. The van der Waals surface area contributed by atoms with Crippen LogP contribution in [0.5, 0.6) is 5.75 Å². The largest absolute Gasteiger partial charge is 0.467 e. The summed E-state index contributed by atoms with van der Waals surface area (Å²) < 4.78 is 80.4. The minimum Gasteiger partial charge on any atom is -0.467 e. The van der Waals surface area contributed by atoms with E-state index in [1.54, 1.807) is 19.9 Å². The summed E-state index contributed by atoms with van der Waals surface area (Å²) in [7, 11) is 0.720. The first-order valence-electron chi connectivity index (χ1n) is 9.29. The van der Waals surface area contributed by atoms with E-state index in [1.807, 2.05) is 33.8 Å². The second kappa shape index (κ2) is 8.80. The molecule has 0 spiro atoms. The summed E-state index contributed by atoms with van der Waals surface area (Å²) in [5.41, 5.74) is 2.01. The molecule has 0 radical (unpaired) electrons. The minimum absolute atomic E-state index is 0.0547. The fourth-order valence-corrected chi connectivity index (χ4v) is 4.55. The van der Waals surface area contributed by atoms with Gasteiger partial charge in [-0.25, -0.2) is 22.0 Å². The highest BCUT2D eigenvalue weighted by molar-refractivity contribution is 7.48. The van der Waals surface area contributed by atoms with Gasteiger partial charge >= 0.3 is 0 Å². The lowest BCUT2D eigenvalue weighted by Crippen LogP contribution is -2.25. The van der Waals surface area contributed by atoms with Gasteiger partial charge in [0.2, 0.25) is 5.82 Å². The Bertz CT molecular complexity index is 923. The number of rotatable bonds is 6. The monoisotopic (exact) mass is 448 g/mol. The molecule has 0 aliphatic carbocycles. The van der Waals surface area contributed by atoms with Crippen molar-refractivity contribution in [2.75, 3.05) is 13.9 Å². The summed E-state index contributed by atoms with van der Waals surface area (Å²) in [5, 5.41) is -1.82. The van der Waals surface area contributed by atoms with Crippen molar-refractivity contribution in [2.24, 2.45) is 0 Å². The topological polar surface area (TPSA) is 18.5 Å². The fourth-order valence-electron chi connectivity index (χ4n) is 3.16. The molecular formula is C22H26F5O2P. The van der Waals surface area contributed by atoms with Crippen molar-refractivity contribution in [1.29, 1.82) is 0 Å². The van der Waals surface area contributed by atoms with Gasteiger partial charge < -0.3 is 9.47 Å². The molecule has 0 bridgehead atoms. The van der Waals surface area contributed by atoms with Crippen molar-refractivity contribution >= 4 is 13.9 Å². The molecule has 2 aromatic carbocycles. The van der Waals surface area contributed by atoms with E-state index in [2.05, 4.69) is 0 Å². The van der Waals surface area contributed by atoms with E-state index in [1.165, 1.54) is 7.11 Å². The first kappa shape index (κ1) is 24.5. The number of aryl methyl sites for hydroxylation is 1. The molecule has 0 fully saturated rings. The van der Waals surface area contributed by atoms with Crippen LogP contribution in [0.15, 0.2) is 12.1 Å². The second-order valence-electron chi connectivity index (χ2n) is 8.68. The van der Waals surface area contributed by atoms with Crippen molar-refractivity contribution in [1.82, 2.24) is 0 Å². The third-order valence-corrected chi connectivity index (χ3v) is 6.27. The zero-order valence-electron chi connectivity index (χ0n) is 18.1. The third-order valence-electron chi connectivity index (χ3n) is 4.68. The standard InChI is InChI=1S/C22H26F5O2P/c1-11-8-12(21(2,3)4)19(29-10-28-7)13(9-11)22(5,6)30-20-17(26)15(24)14(23)16(25)18(20)27/h8-9,30H,10H2,1-7H3. The number of ether oxygens (including phenoxy) is 2. The highest BCUT2D eigenvalue weighted by Crippen LogP contribution is 2.48. The van der Waals surface area contributed by atoms with Gasteiger partial charge in [-0.1, -0.05) is 60.9 Å². The van der Waals surface area contributed by atoms with Crippen LogP contribution in [0.4, 0.5) is 22.0 Å². The van der Waals surface area contributed by atoms with Crippen LogP contribution in [0.25, 0.3) is 0 Å². The zero-order chi connectivity index (χ0) is 23.0. The van der Waals surface area contributed by atoms with E-state index >= 15 is 0 Å². The van der Waals surface area contributed by atoms with Crippen molar-refractivity contribution < 1.29 is 31.4 Å². The van der Waals surface area contributed by atoms with Gasteiger partial charge in [-0.15, -0.1) is 0 Å². The molecule has 0 aliphatic rings. The Morgan fingerprint density at radius 2 is 1.27 bits per heavy atom. The molecule has 0 amide bonds. The van der Waals surface area contributed by atoms with Crippen LogP contribution >= 0.6 is 8.58 Å². The van der Waals surface area contributed by atoms with Gasteiger partial charge in [0, 0.05) is 23.4 Å². The van der Waals surface area contributed by atoms with Crippen molar-refractivity contribution in [3.63, 3.8) is 0 Å². The van der Waals surface area contributed by atoms with Crippen LogP contribution in [0, 0.1) is 36.0 Å². The maximum absolute atomic E-state index is 14.3. The molecule has 0 aromatic heterocycles. The average molecular weight is 448 g/mol. The second-order valence-corrected chi connectivity index (χ2v) is 10.7. The van der Waals surface area contributed by atoms with Crippen molar-refractivity contribution in [2.45, 2.75) is 52.1 Å². The Balaban J connectivity index is 2.70. The SMILES string of the molecule is COCOc1c(C(C)(C)C)cc(C)cc1C(C)(C)Pc1c(F)c(F)c(F)c(F)c1F. The van der Waals surface area contributed by atoms with E-state index in [0.29, 0.717) is 11.3 Å². The molecule has 1 atom stereocenters. The number of hydrogen-bond acceptors (Lipinski definition) is 2. The molecule has 0 saturated heterocycles. The molecule has 0 saturated carbocycles. The van der Waals surface area contributed by atoms with E-state index in [4.69, 9.17) is 9.47 Å². The number of benzene rings is 2. The lowest BCUT2D eigenvalue weighted by atomic mass is 9.82. The van der Waals surface area contributed by atoms with Gasteiger partial charge in [0.05, 0.1) is 5.30 Å². The fraction of sp³-hybridized carbons (Fsp3) is 0.455. The normalized spacial score (nSPS) is 12.8. The van der Waals surface area contributed by atoms with Gasteiger partial charge in [-0.3, -0.25) is 0 Å². The minimum atomic E-state index is -2.16. The van der Waals surface area contributed by atoms with Crippen LogP contribution in [-0.4, -0.2) is 13.9 Å². The van der Waals surface area contributed by atoms with Crippen molar-refractivity contribution in [3.05, 3.63) is 57.9 Å². The van der Waals surface area contributed by atoms with E-state index in [9.17, 15) is 22.0 Å². The van der Waals surface area contributed by atoms with Gasteiger partial charge in [-0.2, -0.15) is 0 Å². The predicted molar refractivity (Wildman–Crippen MR) is 110 cm³/mol. The maximum Gasteiger partial charge on any atom is 0.200 e. The maximum atomic E-state index is 14.3. The highest BCUT2D eigenvalue weighted by Gasteiger charge is 2.34. The quantitative estimate of drug-likeness (QED) is 0.172. The Morgan fingerprint density at radius 3 is 1.73 bits per heavy atom. The van der Waals surface area contributed by atoms with E-state index < -0.39 is 48.1 Å². The summed E-state index contributed by atoms with van der Waals surface area (Å²) in [4.78, 5) is 0. The van der Waals surface area contributed by atoms with Gasteiger partial charge in [0.15, 0.2) is 30.1 Å². The molecule has 0 heterocycles. The number of hydrogen-bond donors (Lipinski definition) is 0. The van der Waals surface area contributed by atoms with Crippen molar-refractivity contribution in [3.8, 4) is 5.75 Å². The molecule has 0 N–H and O–H groups in total. The first-order valence-corrected chi connectivity index (χ1v) is 10.3. The third kappa shape index (κ3) is 4.78. The van der Waals surface area contributed by atoms with Crippen LogP contribution < -0.4 is 10.0 Å². The Morgan fingerprint density at radius 1 is 0.800 bits per heavy atom. The average Bonchev–Trinajstić information content (AvgIpc) is 2.66. The smallest absolute Gasteiger partial charge is 0.200 e. The van der Waals surface area contributed by atoms with E-state index in [-0.39, 0.29) is 12.2 Å². The predicted octanol–water partition coefficient (Wildman–Crippen LogP) is 6.21. The molecule has 166 valence electrons.